The molecule has 1 aromatic heterocycles. The average Bonchev–Trinajstić information content (AvgIpc) is 2.83. The zero-order valence-electron chi connectivity index (χ0n) is 11.1. The lowest BCUT2D eigenvalue weighted by Crippen LogP contribution is -2.33. The Morgan fingerprint density at radius 3 is 2.58 bits per heavy atom. The first-order valence-corrected chi connectivity index (χ1v) is 6.70. The molecule has 1 fully saturated rings. The highest BCUT2D eigenvalue weighted by atomic mass is 16.4. The quantitative estimate of drug-likeness (QED) is 0.868. The Hall–Kier alpha value is -1.78. The maximum absolute atomic E-state index is 11.9. The van der Waals surface area contributed by atoms with Crippen molar-refractivity contribution in [1.29, 1.82) is 0 Å². The molecule has 0 unspecified atom stereocenters. The number of aromatic nitrogens is 1. The van der Waals surface area contributed by atoms with Crippen LogP contribution in [-0.4, -0.2) is 28.1 Å². The van der Waals surface area contributed by atoms with Gasteiger partial charge in [-0.05, 0) is 43.7 Å². The van der Waals surface area contributed by atoms with Gasteiger partial charge < -0.3 is 15.0 Å². The maximum atomic E-state index is 11.9. The first kappa shape index (κ1) is 13.6. The molecule has 1 saturated carbocycles. The van der Waals surface area contributed by atoms with Gasteiger partial charge in [-0.2, -0.15) is 0 Å². The van der Waals surface area contributed by atoms with Gasteiger partial charge in [0.05, 0.1) is 5.92 Å². The van der Waals surface area contributed by atoms with Crippen LogP contribution < -0.4 is 5.32 Å². The van der Waals surface area contributed by atoms with Crippen LogP contribution in [0.25, 0.3) is 0 Å². The van der Waals surface area contributed by atoms with E-state index >= 15 is 0 Å². The first-order valence-electron chi connectivity index (χ1n) is 6.70. The van der Waals surface area contributed by atoms with Gasteiger partial charge in [0.15, 0.2) is 0 Å². The second kappa shape index (κ2) is 5.91. The predicted octanol–water partition coefficient (Wildman–Crippen LogP) is 1.65. The van der Waals surface area contributed by atoms with E-state index in [2.05, 4.69) is 5.32 Å². The monoisotopic (exact) mass is 264 g/mol. The fraction of sp³-hybridized carbons (Fsp3) is 0.571. The lowest BCUT2D eigenvalue weighted by molar-refractivity contribution is -0.143. The molecule has 0 atom stereocenters. The van der Waals surface area contributed by atoms with Crippen LogP contribution >= 0.6 is 0 Å². The molecule has 0 saturated heterocycles. The molecule has 104 valence electrons. The Bertz CT molecular complexity index is 459. The Balaban J connectivity index is 1.77. The minimum atomic E-state index is -0.689. The molecule has 2 rings (SSSR count). The third kappa shape index (κ3) is 3.36. The Kier molecular flexibility index (Phi) is 4.24. The molecule has 0 aromatic carbocycles. The van der Waals surface area contributed by atoms with E-state index in [4.69, 9.17) is 5.11 Å². The summed E-state index contributed by atoms with van der Waals surface area (Å²) in [6.07, 6.45) is 5.04. The number of aliphatic carboxylic acids is 1. The Labute approximate surface area is 112 Å². The molecular weight excluding hydrogens is 244 g/mol. The molecule has 5 heteroatoms. The van der Waals surface area contributed by atoms with Gasteiger partial charge in [-0.3, -0.25) is 9.59 Å². The number of hydrogen-bond donors (Lipinski definition) is 2. The molecule has 19 heavy (non-hydrogen) atoms. The first-order chi connectivity index (χ1) is 9.08. The summed E-state index contributed by atoms with van der Waals surface area (Å²) in [6, 6.07) is 3.63. The van der Waals surface area contributed by atoms with E-state index in [-0.39, 0.29) is 11.8 Å². The van der Waals surface area contributed by atoms with Crippen molar-refractivity contribution >= 4 is 11.9 Å². The lowest BCUT2D eigenvalue weighted by Gasteiger charge is -2.26. The van der Waals surface area contributed by atoms with Crippen LogP contribution in [0.5, 0.6) is 0 Å². The Morgan fingerprint density at radius 1 is 1.37 bits per heavy atom. The zero-order valence-corrected chi connectivity index (χ0v) is 11.1. The molecule has 1 aliphatic carbocycles. The van der Waals surface area contributed by atoms with Crippen molar-refractivity contribution < 1.29 is 14.7 Å². The summed E-state index contributed by atoms with van der Waals surface area (Å²) in [4.78, 5) is 22.8. The predicted molar refractivity (Wildman–Crippen MR) is 70.8 cm³/mol. The number of carboxylic acids is 1. The molecule has 5 nitrogen and oxygen atoms in total. The molecule has 0 bridgehead atoms. The minimum Gasteiger partial charge on any atom is -0.481 e. The van der Waals surface area contributed by atoms with E-state index < -0.39 is 5.97 Å². The highest BCUT2D eigenvalue weighted by Crippen LogP contribution is 2.28. The highest BCUT2D eigenvalue weighted by Gasteiger charge is 2.26. The van der Waals surface area contributed by atoms with Gasteiger partial charge in [0.1, 0.15) is 5.69 Å². The van der Waals surface area contributed by atoms with Gasteiger partial charge in [0.25, 0.3) is 5.91 Å². The summed E-state index contributed by atoms with van der Waals surface area (Å²) in [5, 5.41) is 11.9. The second-order valence-electron chi connectivity index (χ2n) is 5.27. The molecule has 1 aliphatic rings. The normalized spacial score (nSPS) is 23.0. The van der Waals surface area contributed by atoms with Gasteiger partial charge in [-0.15, -0.1) is 0 Å². The molecule has 1 amide bonds. The van der Waals surface area contributed by atoms with Crippen molar-refractivity contribution in [3.63, 3.8) is 0 Å². The van der Waals surface area contributed by atoms with Crippen molar-refractivity contribution in [2.75, 3.05) is 6.54 Å². The van der Waals surface area contributed by atoms with Crippen LogP contribution in [0.3, 0.4) is 0 Å². The van der Waals surface area contributed by atoms with Crippen molar-refractivity contribution in [2.45, 2.75) is 25.7 Å². The molecule has 0 aliphatic heterocycles. The number of carboxylic acid groups (broad SMARTS) is 1. The average molecular weight is 264 g/mol. The van der Waals surface area contributed by atoms with E-state index in [0.29, 0.717) is 18.2 Å². The van der Waals surface area contributed by atoms with Gasteiger partial charge in [0.2, 0.25) is 0 Å². The summed E-state index contributed by atoms with van der Waals surface area (Å²) in [5.41, 5.74) is 0.652. The summed E-state index contributed by atoms with van der Waals surface area (Å²) < 4.78 is 1.79. The van der Waals surface area contributed by atoms with E-state index in [0.717, 1.165) is 25.7 Å². The minimum absolute atomic E-state index is 0.0622. The van der Waals surface area contributed by atoms with Crippen LogP contribution in [0, 0.1) is 11.8 Å². The van der Waals surface area contributed by atoms with Crippen molar-refractivity contribution in [3.8, 4) is 0 Å². The number of carbonyl (C=O) groups excluding carboxylic acids is 1. The number of hydrogen-bond acceptors (Lipinski definition) is 2. The largest absolute Gasteiger partial charge is 0.481 e. The van der Waals surface area contributed by atoms with Crippen LogP contribution in [-0.2, 0) is 11.8 Å². The highest BCUT2D eigenvalue weighted by molar-refractivity contribution is 5.92. The number of nitrogens with one attached hydrogen (secondary N) is 1. The van der Waals surface area contributed by atoms with Gasteiger partial charge in [-0.1, -0.05) is 0 Å². The van der Waals surface area contributed by atoms with Gasteiger partial charge in [-0.25, -0.2) is 0 Å². The number of aryl methyl sites for hydroxylation is 1. The fourth-order valence-corrected chi connectivity index (χ4v) is 2.64. The SMILES string of the molecule is Cn1cccc1C(=O)NCC1CCC(C(=O)O)CC1. The molecular formula is C14H20N2O3. The summed E-state index contributed by atoms with van der Waals surface area (Å²) in [6.45, 7) is 0.635. The number of nitrogens with zero attached hydrogens (tertiary/aromatic N) is 1. The third-order valence-electron chi connectivity index (χ3n) is 3.92. The van der Waals surface area contributed by atoms with E-state index in [1.807, 2.05) is 19.3 Å². The smallest absolute Gasteiger partial charge is 0.306 e. The van der Waals surface area contributed by atoms with Crippen LogP contribution in [0.15, 0.2) is 18.3 Å². The van der Waals surface area contributed by atoms with Crippen molar-refractivity contribution in [1.82, 2.24) is 9.88 Å². The zero-order chi connectivity index (χ0) is 13.8. The van der Waals surface area contributed by atoms with E-state index in [1.165, 1.54) is 0 Å². The second-order valence-corrected chi connectivity index (χ2v) is 5.27. The fourth-order valence-electron chi connectivity index (χ4n) is 2.64. The van der Waals surface area contributed by atoms with Crippen LogP contribution in [0.4, 0.5) is 0 Å². The summed E-state index contributed by atoms with van der Waals surface area (Å²) in [5.74, 6) is -0.543. The van der Waals surface area contributed by atoms with Crippen LogP contribution in [0.1, 0.15) is 36.2 Å². The molecule has 0 spiro atoms. The third-order valence-corrected chi connectivity index (χ3v) is 3.92. The number of carbonyl (C=O) groups is 2. The number of amides is 1. The van der Waals surface area contributed by atoms with Crippen molar-refractivity contribution in [2.24, 2.45) is 18.9 Å². The molecule has 1 heterocycles. The van der Waals surface area contributed by atoms with E-state index in [1.54, 1.807) is 10.6 Å². The lowest BCUT2D eigenvalue weighted by atomic mass is 9.82. The van der Waals surface area contributed by atoms with Gasteiger partial charge >= 0.3 is 5.97 Å². The summed E-state index contributed by atoms with van der Waals surface area (Å²) >= 11 is 0. The molecule has 2 N–H and O–H groups in total. The number of rotatable bonds is 4. The van der Waals surface area contributed by atoms with E-state index in [9.17, 15) is 9.59 Å². The molecule has 1 aromatic rings. The Morgan fingerprint density at radius 2 is 2.05 bits per heavy atom. The van der Waals surface area contributed by atoms with Crippen molar-refractivity contribution in [3.05, 3.63) is 24.0 Å². The summed E-state index contributed by atoms with van der Waals surface area (Å²) in [7, 11) is 1.84. The topological polar surface area (TPSA) is 71.3 Å². The standard InChI is InChI=1S/C14H20N2O3/c1-16-8-2-3-12(16)13(17)15-9-10-4-6-11(7-5-10)14(18)19/h2-3,8,10-11H,4-7,9H2,1H3,(H,15,17)(H,18,19). The maximum Gasteiger partial charge on any atom is 0.306 e. The van der Waals surface area contributed by atoms with Gasteiger partial charge in [0, 0.05) is 19.8 Å². The molecule has 0 radical (unpaired) electrons. The van der Waals surface area contributed by atoms with Crippen LogP contribution in [0.2, 0.25) is 0 Å².